The summed E-state index contributed by atoms with van der Waals surface area (Å²) in [6.45, 7) is 9.33. The smallest absolute Gasteiger partial charge is 0.306 e. The fourth-order valence-corrected chi connectivity index (χ4v) is 8.72. The van der Waals surface area contributed by atoms with Crippen molar-refractivity contribution >= 4 is 41.6 Å². The molecule has 0 aromatic rings. The Morgan fingerprint density at radius 2 is 0.618 bits per heavy atom. The van der Waals surface area contributed by atoms with Crippen LogP contribution in [0, 0.1) is 0 Å². The normalized spacial score (nSPS) is 11.0. The van der Waals surface area contributed by atoms with Gasteiger partial charge in [0.15, 0.2) is 6.10 Å². The van der Waals surface area contributed by atoms with Gasteiger partial charge < -0.3 is 24.1 Å². The molecular weight excluding hydrogens is 877 g/mol. The van der Waals surface area contributed by atoms with E-state index in [2.05, 4.69) is 27.7 Å². The first kappa shape index (κ1) is 67.8. The maximum Gasteiger partial charge on any atom is 0.306 e. The number of ether oxygens (including phenoxy) is 4. The second-order valence-corrected chi connectivity index (χ2v) is 20.3. The molecule has 0 amide bonds. The van der Waals surface area contributed by atoms with Crippen LogP contribution in [0.5, 0.6) is 0 Å². The van der Waals surface area contributed by atoms with Crippen molar-refractivity contribution in [2.75, 3.05) is 31.3 Å². The Labute approximate surface area is 422 Å². The maximum atomic E-state index is 12.6. The average Bonchev–Trinajstić information content (AvgIpc) is 3.32. The fraction of sp³-hybridized carbons (Fsp3) is 0.912. The Balaban J connectivity index is 0. The predicted octanol–water partition coefficient (Wildman–Crippen LogP) is 16.8. The van der Waals surface area contributed by atoms with E-state index in [1.54, 1.807) is 0 Å². The summed E-state index contributed by atoms with van der Waals surface area (Å²) in [7, 11) is 0. The Hall–Kier alpha value is -2.30. The lowest BCUT2D eigenvalue weighted by molar-refractivity contribution is -0.167. The summed E-state index contributed by atoms with van der Waals surface area (Å²) in [5, 5.41) is 8.49. The summed E-state index contributed by atoms with van der Waals surface area (Å²) in [5.41, 5.74) is 0. The first-order chi connectivity index (χ1) is 33.2. The van der Waals surface area contributed by atoms with Crippen molar-refractivity contribution in [2.24, 2.45) is 0 Å². The minimum absolute atomic E-state index is 0.0644. The zero-order valence-corrected chi connectivity index (χ0v) is 45.7. The van der Waals surface area contributed by atoms with Crippen molar-refractivity contribution in [3.8, 4) is 0 Å². The van der Waals surface area contributed by atoms with Crippen LogP contribution in [-0.4, -0.2) is 72.4 Å². The van der Waals surface area contributed by atoms with Gasteiger partial charge >= 0.3 is 29.8 Å². The summed E-state index contributed by atoms with van der Waals surface area (Å²) in [5.74, 6) is -0.624. The Morgan fingerprint density at radius 1 is 0.338 bits per heavy atom. The topological polar surface area (TPSA) is 142 Å². The summed E-state index contributed by atoms with van der Waals surface area (Å²) >= 11 is 1.49. The first-order valence-corrected chi connectivity index (χ1v) is 29.8. The van der Waals surface area contributed by atoms with Crippen LogP contribution in [-0.2, 0) is 42.9 Å². The molecule has 0 bridgehead atoms. The monoisotopic (exact) mass is 985 g/mol. The van der Waals surface area contributed by atoms with Gasteiger partial charge in [-0.2, -0.15) is 11.8 Å². The van der Waals surface area contributed by atoms with Gasteiger partial charge in [-0.05, 0) is 25.7 Å². The molecule has 0 radical (unpaired) electrons. The standard InChI is InChI=1S/C39H74O6.C18H34O4S/c1-4-7-10-13-16-19-22-25-28-31-37(40)43-34-36(45-39(42)33-30-27-24-21-18-15-12-9-6-3)35-44-38(41)32-29-26-23-20-17-14-11-8-5-2;1-2-3-4-5-6-7-8-9-10-11-14-22-18(21)13-16-23-15-12-17(19)20/h36H,4-35H2,1-3H3;2-16H2,1H3,(H,19,20). The summed E-state index contributed by atoms with van der Waals surface area (Å²) < 4.78 is 21.7. The second kappa shape index (κ2) is 57.3. The molecule has 0 aliphatic carbocycles. The largest absolute Gasteiger partial charge is 0.481 e. The zero-order valence-electron chi connectivity index (χ0n) is 44.8. The van der Waals surface area contributed by atoms with E-state index in [9.17, 15) is 24.0 Å². The zero-order chi connectivity index (χ0) is 50.2. The molecule has 0 aromatic heterocycles. The molecule has 0 aliphatic heterocycles. The molecule has 0 spiro atoms. The molecule has 0 aromatic carbocycles. The highest BCUT2D eigenvalue weighted by Gasteiger charge is 2.19. The Kier molecular flexibility index (Phi) is 57.1. The third-order valence-corrected chi connectivity index (χ3v) is 13.3. The van der Waals surface area contributed by atoms with Crippen LogP contribution >= 0.6 is 11.8 Å². The van der Waals surface area contributed by atoms with Gasteiger partial charge in [-0.25, -0.2) is 0 Å². The van der Waals surface area contributed by atoms with Gasteiger partial charge in [-0.15, -0.1) is 0 Å². The number of hydrogen-bond acceptors (Lipinski definition) is 10. The molecule has 0 heterocycles. The van der Waals surface area contributed by atoms with Gasteiger partial charge in [0, 0.05) is 30.8 Å². The van der Waals surface area contributed by atoms with Crippen molar-refractivity contribution in [2.45, 2.75) is 303 Å². The quantitative estimate of drug-likeness (QED) is 0.0353. The van der Waals surface area contributed by atoms with Gasteiger partial charge in [0.25, 0.3) is 0 Å². The number of rotatable bonds is 52. The molecule has 0 atom stereocenters. The van der Waals surface area contributed by atoms with Crippen molar-refractivity contribution < 1.29 is 48.0 Å². The molecule has 0 saturated heterocycles. The molecule has 0 rings (SSSR count). The van der Waals surface area contributed by atoms with E-state index in [0.29, 0.717) is 43.8 Å². The lowest BCUT2D eigenvalue weighted by Gasteiger charge is -2.18. The van der Waals surface area contributed by atoms with Gasteiger partial charge in [-0.3, -0.25) is 24.0 Å². The van der Waals surface area contributed by atoms with Crippen LogP contribution in [0.1, 0.15) is 297 Å². The Bertz CT molecular complexity index is 1080. The molecule has 0 unspecified atom stereocenters. The number of unbranched alkanes of at least 4 members (excludes halogenated alkanes) is 33. The molecule has 0 aliphatic rings. The molecule has 10 nitrogen and oxygen atoms in total. The van der Waals surface area contributed by atoms with Gasteiger partial charge in [0.1, 0.15) is 13.2 Å². The minimum atomic E-state index is -0.791. The summed E-state index contributed by atoms with van der Waals surface area (Å²) in [6.07, 6.45) is 45.5. The van der Waals surface area contributed by atoms with Crippen molar-refractivity contribution in [3.05, 3.63) is 0 Å². The maximum absolute atomic E-state index is 12.6. The van der Waals surface area contributed by atoms with Crippen LogP contribution in [0.25, 0.3) is 0 Å². The lowest BCUT2D eigenvalue weighted by atomic mass is 10.1. The van der Waals surface area contributed by atoms with Crippen LogP contribution in [0.15, 0.2) is 0 Å². The van der Waals surface area contributed by atoms with Gasteiger partial charge in [0.2, 0.25) is 0 Å². The van der Waals surface area contributed by atoms with Gasteiger partial charge in [0.05, 0.1) is 19.4 Å². The van der Waals surface area contributed by atoms with E-state index in [4.69, 9.17) is 24.1 Å². The number of carboxylic acids is 1. The Morgan fingerprint density at radius 3 is 0.956 bits per heavy atom. The number of esters is 4. The van der Waals surface area contributed by atoms with E-state index in [1.807, 2.05) is 0 Å². The number of carboxylic acid groups (broad SMARTS) is 1. The highest BCUT2D eigenvalue weighted by atomic mass is 32.2. The van der Waals surface area contributed by atoms with Crippen molar-refractivity contribution in [1.82, 2.24) is 0 Å². The molecular formula is C57H108O10S. The van der Waals surface area contributed by atoms with E-state index in [0.717, 1.165) is 70.6 Å². The number of carbonyl (C=O) groups is 5. The van der Waals surface area contributed by atoms with Crippen molar-refractivity contribution in [3.63, 3.8) is 0 Å². The summed E-state index contributed by atoms with van der Waals surface area (Å²) in [4.78, 5) is 59.1. The molecule has 0 fully saturated rings. The molecule has 0 saturated carbocycles. The van der Waals surface area contributed by atoms with Gasteiger partial charge in [-0.1, -0.05) is 240 Å². The SMILES string of the molecule is CCCCCCCCCCCC(=O)OCC(COC(=O)CCCCCCCCCCC)OC(=O)CCCCCCCCCCC.CCCCCCCCCCCCOC(=O)CCSCCC(=O)O. The average molecular weight is 986 g/mol. The number of aliphatic carboxylic acids is 1. The van der Waals surface area contributed by atoms with Crippen molar-refractivity contribution in [1.29, 1.82) is 0 Å². The molecule has 11 heteroatoms. The molecule has 402 valence electrons. The highest BCUT2D eigenvalue weighted by molar-refractivity contribution is 7.99. The third-order valence-electron chi connectivity index (χ3n) is 12.3. The molecule has 68 heavy (non-hydrogen) atoms. The van der Waals surface area contributed by atoms with Crippen LogP contribution in [0.2, 0.25) is 0 Å². The van der Waals surface area contributed by atoms with E-state index in [1.165, 1.54) is 179 Å². The van der Waals surface area contributed by atoms with Crippen LogP contribution in [0.4, 0.5) is 0 Å². The minimum Gasteiger partial charge on any atom is -0.481 e. The van der Waals surface area contributed by atoms with Crippen LogP contribution < -0.4 is 0 Å². The second-order valence-electron chi connectivity index (χ2n) is 19.1. The number of thioether (sulfide) groups is 1. The van der Waals surface area contributed by atoms with E-state index in [-0.39, 0.29) is 43.5 Å². The van der Waals surface area contributed by atoms with E-state index >= 15 is 0 Å². The van der Waals surface area contributed by atoms with Crippen LogP contribution in [0.3, 0.4) is 0 Å². The molecule has 1 N–H and O–H groups in total. The fourth-order valence-electron chi connectivity index (χ4n) is 7.88. The lowest BCUT2D eigenvalue weighted by Crippen LogP contribution is -2.30. The number of carbonyl (C=O) groups excluding carboxylic acids is 4. The number of hydrogen-bond donors (Lipinski definition) is 1. The summed E-state index contributed by atoms with van der Waals surface area (Å²) in [6, 6.07) is 0. The first-order valence-electron chi connectivity index (χ1n) is 28.7. The highest BCUT2D eigenvalue weighted by Crippen LogP contribution is 2.15. The van der Waals surface area contributed by atoms with E-state index < -0.39 is 12.1 Å². The predicted molar refractivity (Wildman–Crippen MR) is 284 cm³/mol. The third kappa shape index (κ3) is 58.0.